The number of rotatable bonds is 7. The zero-order valence-electron chi connectivity index (χ0n) is 11.2. The summed E-state index contributed by atoms with van der Waals surface area (Å²) in [6, 6.07) is 3.92. The van der Waals surface area contributed by atoms with Gasteiger partial charge in [-0.25, -0.2) is 13.1 Å². The Morgan fingerprint density at radius 2 is 2.00 bits per heavy atom. The fourth-order valence-electron chi connectivity index (χ4n) is 1.53. The number of methoxy groups -OCH3 is 2. The summed E-state index contributed by atoms with van der Waals surface area (Å²) < 4.78 is 36.9. The molecule has 1 rings (SSSR count). The van der Waals surface area contributed by atoms with Crippen LogP contribution in [-0.4, -0.2) is 40.4 Å². The lowest BCUT2D eigenvalue weighted by molar-refractivity contribution is 0.253. The first-order valence-corrected chi connectivity index (χ1v) is 7.32. The summed E-state index contributed by atoms with van der Waals surface area (Å²) in [7, 11) is -0.870. The van der Waals surface area contributed by atoms with Crippen LogP contribution < -0.4 is 14.2 Å². The van der Waals surface area contributed by atoms with Gasteiger partial charge in [0.1, 0.15) is 16.4 Å². The maximum atomic E-state index is 12.2. The molecule has 0 unspecified atom stereocenters. The molecule has 2 N–H and O–H groups in total. The molecule has 0 heterocycles. The van der Waals surface area contributed by atoms with Gasteiger partial charge in [0.25, 0.3) is 0 Å². The predicted octanol–water partition coefficient (Wildman–Crippen LogP) is 0.753. The average molecular weight is 289 g/mol. The smallest absolute Gasteiger partial charge is 0.244 e. The third-order valence-electron chi connectivity index (χ3n) is 2.70. The van der Waals surface area contributed by atoms with Crippen molar-refractivity contribution in [3.05, 3.63) is 18.2 Å². The number of nitrogens with one attached hydrogen (secondary N) is 1. The lowest BCUT2D eigenvalue weighted by atomic mass is 10.3. The van der Waals surface area contributed by atoms with E-state index in [0.29, 0.717) is 12.2 Å². The molecule has 0 fully saturated rings. The monoisotopic (exact) mass is 289 g/mol. The molecule has 0 aliphatic carbocycles. The van der Waals surface area contributed by atoms with E-state index in [-0.39, 0.29) is 17.3 Å². The Hall–Kier alpha value is -1.31. The number of hydrogen-bond donors (Lipinski definition) is 2. The molecule has 0 amide bonds. The van der Waals surface area contributed by atoms with Crippen molar-refractivity contribution < 1.29 is 23.0 Å². The zero-order chi connectivity index (χ0) is 14.5. The Balaban J connectivity index is 3.13. The van der Waals surface area contributed by atoms with E-state index in [9.17, 15) is 8.42 Å². The molecule has 0 saturated carbocycles. The summed E-state index contributed by atoms with van der Waals surface area (Å²) in [5.74, 6) is 0.699. The fourth-order valence-corrected chi connectivity index (χ4v) is 2.99. The van der Waals surface area contributed by atoms with Crippen LogP contribution in [0.25, 0.3) is 0 Å². The SMILES string of the molecule is CC[C@@H](CO)NS(=O)(=O)c1ccc(OC)cc1OC. The van der Waals surface area contributed by atoms with E-state index >= 15 is 0 Å². The molecule has 1 atom stereocenters. The molecule has 19 heavy (non-hydrogen) atoms. The van der Waals surface area contributed by atoms with Gasteiger partial charge in [-0.3, -0.25) is 0 Å². The number of ether oxygens (including phenoxy) is 2. The molecule has 108 valence electrons. The van der Waals surface area contributed by atoms with Crippen molar-refractivity contribution in [3.63, 3.8) is 0 Å². The number of aliphatic hydroxyl groups is 1. The highest BCUT2D eigenvalue weighted by molar-refractivity contribution is 7.89. The molecule has 0 saturated heterocycles. The highest BCUT2D eigenvalue weighted by Crippen LogP contribution is 2.28. The minimum Gasteiger partial charge on any atom is -0.497 e. The van der Waals surface area contributed by atoms with Crippen LogP contribution in [0.5, 0.6) is 11.5 Å². The molecule has 0 aliphatic heterocycles. The number of hydrogen-bond acceptors (Lipinski definition) is 5. The molecule has 6 nitrogen and oxygen atoms in total. The van der Waals surface area contributed by atoms with Crippen molar-refractivity contribution in [1.29, 1.82) is 0 Å². The molecular formula is C12H19NO5S. The van der Waals surface area contributed by atoms with E-state index in [1.807, 2.05) is 0 Å². The molecule has 0 aromatic heterocycles. The Bertz CT molecular complexity index is 511. The van der Waals surface area contributed by atoms with Crippen LogP contribution in [0.15, 0.2) is 23.1 Å². The van der Waals surface area contributed by atoms with Gasteiger partial charge in [-0.15, -0.1) is 0 Å². The van der Waals surface area contributed by atoms with E-state index in [4.69, 9.17) is 14.6 Å². The molecule has 1 aromatic rings. The van der Waals surface area contributed by atoms with E-state index in [1.54, 1.807) is 6.92 Å². The molecule has 7 heteroatoms. The Morgan fingerprint density at radius 1 is 1.32 bits per heavy atom. The Kier molecular flexibility index (Phi) is 5.59. The van der Waals surface area contributed by atoms with Crippen LogP contribution in [0.4, 0.5) is 0 Å². The highest BCUT2D eigenvalue weighted by atomic mass is 32.2. The lowest BCUT2D eigenvalue weighted by Gasteiger charge is -2.16. The topological polar surface area (TPSA) is 84.9 Å². The van der Waals surface area contributed by atoms with Crippen molar-refractivity contribution in [3.8, 4) is 11.5 Å². The van der Waals surface area contributed by atoms with Crippen molar-refractivity contribution in [1.82, 2.24) is 4.72 Å². The summed E-state index contributed by atoms with van der Waals surface area (Å²) in [6.07, 6.45) is 0.494. The van der Waals surface area contributed by atoms with Crippen LogP contribution >= 0.6 is 0 Å². The second-order valence-electron chi connectivity index (χ2n) is 3.93. The molecule has 0 bridgehead atoms. The zero-order valence-corrected chi connectivity index (χ0v) is 12.0. The quantitative estimate of drug-likeness (QED) is 0.774. The Morgan fingerprint density at radius 3 is 2.47 bits per heavy atom. The summed E-state index contributed by atoms with van der Waals surface area (Å²) in [5, 5.41) is 9.07. The van der Waals surface area contributed by atoms with E-state index in [0.717, 1.165) is 0 Å². The first kappa shape index (κ1) is 15.7. The molecule has 0 radical (unpaired) electrons. The summed E-state index contributed by atoms with van der Waals surface area (Å²) in [6.45, 7) is 1.53. The number of sulfonamides is 1. The molecular weight excluding hydrogens is 270 g/mol. The van der Waals surface area contributed by atoms with Crippen molar-refractivity contribution in [2.45, 2.75) is 24.3 Å². The third-order valence-corrected chi connectivity index (χ3v) is 4.26. The van der Waals surface area contributed by atoms with Gasteiger partial charge in [0.2, 0.25) is 10.0 Å². The molecule has 1 aromatic carbocycles. The first-order valence-electron chi connectivity index (χ1n) is 5.83. The Labute approximate surface area is 113 Å². The normalized spacial score (nSPS) is 13.1. The van der Waals surface area contributed by atoms with Crippen LogP contribution in [0.2, 0.25) is 0 Å². The predicted molar refractivity (Wildman–Crippen MR) is 71.0 cm³/mol. The largest absolute Gasteiger partial charge is 0.497 e. The van der Waals surface area contributed by atoms with Crippen LogP contribution in [-0.2, 0) is 10.0 Å². The van der Waals surface area contributed by atoms with Gasteiger partial charge < -0.3 is 14.6 Å². The van der Waals surface area contributed by atoms with Crippen molar-refractivity contribution >= 4 is 10.0 Å². The van der Waals surface area contributed by atoms with Gasteiger partial charge >= 0.3 is 0 Å². The second kappa shape index (κ2) is 6.74. The van der Waals surface area contributed by atoms with Gasteiger partial charge in [0.05, 0.1) is 20.8 Å². The summed E-state index contributed by atoms with van der Waals surface area (Å²) in [5.41, 5.74) is 0. The van der Waals surface area contributed by atoms with Crippen LogP contribution in [0.3, 0.4) is 0 Å². The number of benzene rings is 1. The third kappa shape index (κ3) is 3.82. The van der Waals surface area contributed by atoms with E-state index in [1.165, 1.54) is 32.4 Å². The van der Waals surface area contributed by atoms with Crippen molar-refractivity contribution in [2.24, 2.45) is 0 Å². The second-order valence-corrected chi connectivity index (χ2v) is 5.61. The van der Waals surface area contributed by atoms with Gasteiger partial charge in [0.15, 0.2) is 0 Å². The van der Waals surface area contributed by atoms with Crippen molar-refractivity contribution in [2.75, 3.05) is 20.8 Å². The van der Waals surface area contributed by atoms with E-state index in [2.05, 4.69) is 4.72 Å². The van der Waals surface area contributed by atoms with E-state index < -0.39 is 16.1 Å². The molecule has 0 spiro atoms. The summed E-state index contributed by atoms with van der Waals surface area (Å²) in [4.78, 5) is 0.0164. The minimum atomic E-state index is -3.74. The summed E-state index contributed by atoms with van der Waals surface area (Å²) >= 11 is 0. The minimum absolute atomic E-state index is 0.0164. The lowest BCUT2D eigenvalue weighted by Crippen LogP contribution is -2.37. The van der Waals surface area contributed by atoms with Gasteiger partial charge in [0, 0.05) is 12.1 Å². The van der Waals surface area contributed by atoms with Gasteiger partial charge in [-0.2, -0.15) is 0 Å². The standard InChI is InChI=1S/C12H19NO5S/c1-4-9(8-14)13-19(15,16)12-6-5-10(17-2)7-11(12)18-3/h5-7,9,13-14H,4,8H2,1-3H3/t9-/m0/s1. The average Bonchev–Trinajstić information content (AvgIpc) is 2.43. The van der Waals surface area contributed by atoms with Crippen LogP contribution in [0, 0.1) is 0 Å². The fraction of sp³-hybridized carbons (Fsp3) is 0.500. The maximum absolute atomic E-state index is 12.2. The maximum Gasteiger partial charge on any atom is 0.244 e. The molecule has 0 aliphatic rings. The van der Waals surface area contributed by atoms with Crippen LogP contribution in [0.1, 0.15) is 13.3 Å². The number of aliphatic hydroxyl groups excluding tert-OH is 1. The highest BCUT2D eigenvalue weighted by Gasteiger charge is 2.22. The first-order chi connectivity index (χ1) is 8.98. The van der Waals surface area contributed by atoms with Gasteiger partial charge in [-0.05, 0) is 18.6 Å². The van der Waals surface area contributed by atoms with Gasteiger partial charge in [-0.1, -0.05) is 6.92 Å².